The summed E-state index contributed by atoms with van der Waals surface area (Å²) >= 11 is -0.623. The summed E-state index contributed by atoms with van der Waals surface area (Å²) in [5, 5.41) is 0. The third-order valence-electron chi connectivity index (χ3n) is 3.16. The lowest BCUT2D eigenvalue weighted by atomic mass is 10.1. The molecule has 0 bridgehead atoms. The van der Waals surface area contributed by atoms with E-state index in [0.29, 0.717) is 16.8 Å². The Morgan fingerprint density at radius 2 is 2.04 bits per heavy atom. The normalized spacial score (nSPS) is 11.8. The Kier molecular flexibility index (Phi) is 6.20. The third-order valence-corrected chi connectivity index (χ3v) is 4.33. The van der Waals surface area contributed by atoms with Crippen LogP contribution in [0.2, 0.25) is 0 Å². The summed E-state index contributed by atoms with van der Waals surface area (Å²) in [7, 11) is 0. The largest absolute Gasteiger partial charge is 0.488 e. The fourth-order valence-electron chi connectivity index (χ4n) is 2.02. The summed E-state index contributed by atoms with van der Waals surface area (Å²) in [5.74, 6) is 0.650. The number of ketones is 1. The van der Waals surface area contributed by atoms with Crippen LogP contribution in [-0.4, -0.2) is 20.8 Å². The van der Waals surface area contributed by atoms with Gasteiger partial charge in [0.1, 0.15) is 12.4 Å². The van der Waals surface area contributed by atoms with Gasteiger partial charge >= 0.3 is 0 Å². The Balaban J connectivity index is 2.27. The highest BCUT2D eigenvalue weighted by Gasteiger charge is 2.10. The predicted octanol–water partition coefficient (Wildman–Crippen LogP) is 3.74. The number of para-hydroxylation sites is 1. The lowest BCUT2D eigenvalue weighted by molar-refractivity contribution is 0.101. The van der Waals surface area contributed by atoms with Gasteiger partial charge in [-0.2, -0.15) is 0 Å². The van der Waals surface area contributed by atoms with Gasteiger partial charge in [-0.25, -0.2) is 4.21 Å². The van der Waals surface area contributed by atoms with E-state index in [1.807, 2.05) is 30.5 Å². The minimum Gasteiger partial charge on any atom is -0.488 e. The Hall–Kier alpha value is -1.83. The molecular formula is C16H17NO4S2. The number of thioether (sulfide) groups is 1. The molecule has 2 rings (SSSR count). The predicted molar refractivity (Wildman–Crippen MR) is 93.4 cm³/mol. The summed E-state index contributed by atoms with van der Waals surface area (Å²) in [4.78, 5) is 12.5. The number of Topliss-reactive ketones (excluding diaryl/α,β-unsaturated/α-hetero) is 1. The van der Waals surface area contributed by atoms with E-state index in [2.05, 4.69) is 4.72 Å². The topological polar surface area (TPSA) is 75.6 Å². The molecule has 2 aromatic rings. The molecule has 0 spiro atoms. The third kappa shape index (κ3) is 4.82. The molecular weight excluding hydrogens is 334 g/mol. The van der Waals surface area contributed by atoms with Crippen molar-refractivity contribution in [2.24, 2.45) is 0 Å². The molecule has 0 aliphatic heterocycles. The molecule has 7 heteroatoms. The first-order chi connectivity index (χ1) is 11.0. The van der Waals surface area contributed by atoms with Crippen molar-refractivity contribution in [2.75, 3.05) is 11.0 Å². The smallest absolute Gasteiger partial charge is 0.259 e. The molecule has 0 heterocycles. The number of hydrogen-bond acceptors (Lipinski definition) is 4. The van der Waals surface area contributed by atoms with Crippen molar-refractivity contribution in [1.29, 1.82) is 0 Å². The van der Waals surface area contributed by atoms with Crippen molar-refractivity contribution in [3.05, 3.63) is 53.6 Å². The van der Waals surface area contributed by atoms with Gasteiger partial charge in [-0.15, -0.1) is 11.8 Å². The lowest BCUT2D eigenvalue weighted by Gasteiger charge is -2.14. The molecule has 0 saturated heterocycles. The van der Waals surface area contributed by atoms with Gasteiger partial charge in [0.2, 0.25) is 0 Å². The Morgan fingerprint density at radius 1 is 1.30 bits per heavy atom. The maximum atomic E-state index is 11.5. The summed E-state index contributed by atoms with van der Waals surface area (Å²) in [6.07, 6.45) is 1.96. The van der Waals surface area contributed by atoms with Gasteiger partial charge < -0.3 is 4.74 Å². The molecule has 0 radical (unpaired) electrons. The average Bonchev–Trinajstić information content (AvgIpc) is 2.53. The van der Waals surface area contributed by atoms with Gasteiger partial charge in [0.05, 0.1) is 5.69 Å². The molecule has 0 amide bonds. The Morgan fingerprint density at radius 3 is 2.70 bits per heavy atom. The second-order valence-corrected chi connectivity index (χ2v) is 6.27. The first-order valence-corrected chi connectivity index (χ1v) is 9.11. The fraction of sp³-hybridized carbons (Fsp3) is 0.188. The Labute approximate surface area is 141 Å². The second-order valence-electron chi connectivity index (χ2n) is 4.72. The van der Waals surface area contributed by atoms with Crippen LogP contribution in [0.15, 0.2) is 47.4 Å². The molecule has 0 saturated carbocycles. The molecule has 1 atom stereocenters. The SMILES string of the molecule is CSc1ccccc1OCc1cc(C(C)=O)ccc1NS(=O)O. The van der Waals surface area contributed by atoms with Crippen molar-refractivity contribution in [1.82, 2.24) is 0 Å². The number of carbonyl (C=O) groups excluding carboxylic acids is 1. The monoisotopic (exact) mass is 351 g/mol. The van der Waals surface area contributed by atoms with Crippen LogP contribution in [0.3, 0.4) is 0 Å². The van der Waals surface area contributed by atoms with Gasteiger partial charge in [0.15, 0.2) is 5.78 Å². The van der Waals surface area contributed by atoms with E-state index in [-0.39, 0.29) is 12.4 Å². The van der Waals surface area contributed by atoms with Crippen LogP contribution in [0, 0.1) is 0 Å². The average molecular weight is 351 g/mol. The van der Waals surface area contributed by atoms with Crippen LogP contribution in [0.4, 0.5) is 5.69 Å². The van der Waals surface area contributed by atoms with Crippen LogP contribution >= 0.6 is 11.8 Å². The zero-order chi connectivity index (χ0) is 16.8. The van der Waals surface area contributed by atoms with E-state index in [0.717, 1.165) is 10.6 Å². The van der Waals surface area contributed by atoms with Gasteiger partial charge in [-0.05, 0) is 43.5 Å². The molecule has 5 nitrogen and oxygen atoms in total. The first-order valence-electron chi connectivity index (χ1n) is 6.78. The molecule has 122 valence electrons. The Bertz CT molecular complexity index is 734. The number of benzene rings is 2. The lowest BCUT2D eigenvalue weighted by Crippen LogP contribution is -2.08. The zero-order valence-electron chi connectivity index (χ0n) is 12.7. The van der Waals surface area contributed by atoms with E-state index in [9.17, 15) is 9.00 Å². The van der Waals surface area contributed by atoms with Gasteiger partial charge in [-0.1, -0.05) is 12.1 Å². The summed E-state index contributed by atoms with van der Waals surface area (Å²) in [6, 6.07) is 12.5. The molecule has 1 unspecified atom stereocenters. The molecule has 23 heavy (non-hydrogen) atoms. The van der Waals surface area contributed by atoms with Crippen molar-refractivity contribution in [3.63, 3.8) is 0 Å². The van der Waals surface area contributed by atoms with E-state index < -0.39 is 11.3 Å². The molecule has 0 aromatic heterocycles. The number of rotatable bonds is 7. The van der Waals surface area contributed by atoms with Crippen LogP contribution < -0.4 is 9.46 Å². The molecule has 2 aromatic carbocycles. The van der Waals surface area contributed by atoms with Crippen LogP contribution in [0.5, 0.6) is 5.75 Å². The first kappa shape index (κ1) is 17.5. The summed E-state index contributed by atoms with van der Waals surface area (Å²) < 4.78 is 28.3. The molecule has 2 N–H and O–H groups in total. The van der Waals surface area contributed by atoms with E-state index in [4.69, 9.17) is 9.29 Å². The van der Waals surface area contributed by atoms with Crippen molar-refractivity contribution < 1.29 is 18.3 Å². The standard InChI is InChI=1S/C16H17NO4S2/c1-11(18)12-7-8-14(17-23(19)20)13(9-12)10-21-15-5-3-4-6-16(15)22-2/h3-9,17H,10H2,1-2H3,(H,19,20). The number of ether oxygens (including phenoxy) is 1. The van der Waals surface area contributed by atoms with Crippen molar-refractivity contribution >= 4 is 34.5 Å². The van der Waals surface area contributed by atoms with E-state index >= 15 is 0 Å². The second kappa shape index (κ2) is 8.14. The van der Waals surface area contributed by atoms with E-state index in [1.165, 1.54) is 6.92 Å². The number of nitrogens with one attached hydrogen (secondary N) is 1. The minimum atomic E-state index is -2.19. The summed E-state index contributed by atoms with van der Waals surface area (Å²) in [6.45, 7) is 1.65. The van der Waals surface area contributed by atoms with Crippen LogP contribution in [0.25, 0.3) is 0 Å². The highest BCUT2D eigenvalue weighted by Crippen LogP contribution is 2.28. The van der Waals surface area contributed by atoms with Crippen LogP contribution in [0.1, 0.15) is 22.8 Å². The van der Waals surface area contributed by atoms with Gasteiger partial charge in [-0.3, -0.25) is 14.1 Å². The summed E-state index contributed by atoms with van der Waals surface area (Å²) in [5.41, 5.74) is 1.62. The van der Waals surface area contributed by atoms with E-state index in [1.54, 1.807) is 30.0 Å². The number of hydrogen-bond donors (Lipinski definition) is 2. The maximum absolute atomic E-state index is 11.5. The highest BCUT2D eigenvalue weighted by atomic mass is 32.2. The number of anilines is 1. The van der Waals surface area contributed by atoms with Crippen LogP contribution in [-0.2, 0) is 17.9 Å². The zero-order valence-corrected chi connectivity index (χ0v) is 14.4. The molecule has 0 aliphatic rings. The van der Waals surface area contributed by atoms with Crippen molar-refractivity contribution in [3.8, 4) is 5.75 Å². The highest BCUT2D eigenvalue weighted by molar-refractivity contribution is 7.98. The quantitative estimate of drug-likeness (QED) is 0.451. The van der Waals surface area contributed by atoms with Crippen molar-refractivity contribution in [2.45, 2.75) is 18.4 Å². The maximum Gasteiger partial charge on any atom is 0.259 e. The fourth-order valence-corrected chi connectivity index (χ4v) is 2.95. The molecule has 0 aliphatic carbocycles. The van der Waals surface area contributed by atoms with Gasteiger partial charge in [0, 0.05) is 16.0 Å². The minimum absolute atomic E-state index is 0.0764. The number of carbonyl (C=O) groups is 1. The molecule has 0 fully saturated rings. The van der Waals surface area contributed by atoms with Gasteiger partial charge in [0.25, 0.3) is 11.3 Å².